The standard InChI is InChI=1S/C25H27F3N4O5S/c1-15(2)13-18(30-23(34)16-6-8-17(9-7-16)25(26,27)28)24(35)31-12-10-19-22(31)20(33)14-32(19)38(36,37)21-5-3-4-11-29-21/h3-9,11,15,18-19,22H,10,12-14H2,1-2H3,(H,30,34). The summed E-state index contributed by atoms with van der Waals surface area (Å²) in [6.45, 7) is 3.38. The van der Waals surface area contributed by atoms with Crippen LogP contribution in [0.5, 0.6) is 0 Å². The van der Waals surface area contributed by atoms with Gasteiger partial charge in [0.15, 0.2) is 10.8 Å². The monoisotopic (exact) mass is 552 g/mol. The fourth-order valence-electron chi connectivity index (χ4n) is 4.91. The number of hydrogen-bond acceptors (Lipinski definition) is 6. The highest BCUT2D eigenvalue weighted by molar-refractivity contribution is 7.89. The molecule has 3 unspecified atom stereocenters. The fourth-order valence-corrected chi connectivity index (χ4v) is 6.47. The van der Waals surface area contributed by atoms with Gasteiger partial charge in [-0.15, -0.1) is 0 Å². The molecule has 2 fully saturated rings. The Morgan fingerprint density at radius 3 is 2.39 bits per heavy atom. The molecule has 0 bridgehead atoms. The molecule has 2 aliphatic heterocycles. The van der Waals surface area contributed by atoms with Gasteiger partial charge < -0.3 is 10.2 Å². The molecule has 1 N–H and O–H groups in total. The summed E-state index contributed by atoms with van der Waals surface area (Å²) in [6, 6.07) is 5.24. The highest BCUT2D eigenvalue weighted by Gasteiger charge is 2.54. The molecule has 0 saturated carbocycles. The second-order valence-electron chi connectivity index (χ2n) is 9.75. The molecule has 13 heteroatoms. The van der Waals surface area contributed by atoms with E-state index >= 15 is 0 Å². The van der Waals surface area contributed by atoms with Crippen molar-refractivity contribution in [3.63, 3.8) is 0 Å². The lowest BCUT2D eigenvalue weighted by atomic mass is 10.0. The SMILES string of the molecule is CC(C)CC(NC(=O)c1ccc(C(F)(F)F)cc1)C(=O)N1CCC2C1C(=O)CN2S(=O)(=O)c1ccccn1. The molecule has 3 atom stereocenters. The maximum Gasteiger partial charge on any atom is 0.416 e. The summed E-state index contributed by atoms with van der Waals surface area (Å²) in [7, 11) is -4.07. The van der Waals surface area contributed by atoms with E-state index in [-0.39, 0.29) is 35.9 Å². The Morgan fingerprint density at radius 1 is 1.13 bits per heavy atom. The van der Waals surface area contributed by atoms with E-state index in [0.717, 1.165) is 28.6 Å². The minimum absolute atomic E-state index is 0.0458. The number of rotatable bonds is 7. The van der Waals surface area contributed by atoms with Crippen molar-refractivity contribution < 1.29 is 36.0 Å². The van der Waals surface area contributed by atoms with Gasteiger partial charge in [0.05, 0.1) is 18.2 Å². The van der Waals surface area contributed by atoms with Crippen LogP contribution in [0.25, 0.3) is 0 Å². The Hall–Kier alpha value is -3.32. The number of halogens is 3. The van der Waals surface area contributed by atoms with Crippen LogP contribution in [-0.4, -0.2) is 71.4 Å². The predicted octanol–water partition coefficient (Wildman–Crippen LogP) is 2.49. The van der Waals surface area contributed by atoms with E-state index < -0.39 is 64.0 Å². The highest BCUT2D eigenvalue weighted by atomic mass is 32.2. The van der Waals surface area contributed by atoms with Gasteiger partial charge >= 0.3 is 6.18 Å². The zero-order chi connectivity index (χ0) is 27.8. The second-order valence-corrected chi connectivity index (χ2v) is 11.6. The zero-order valence-electron chi connectivity index (χ0n) is 20.7. The number of hydrogen-bond donors (Lipinski definition) is 1. The van der Waals surface area contributed by atoms with Crippen molar-refractivity contribution in [2.75, 3.05) is 13.1 Å². The van der Waals surface area contributed by atoms with Crippen LogP contribution in [0.4, 0.5) is 13.2 Å². The Bertz CT molecular complexity index is 1320. The number of carbonyl (C=O) groups is 3. The first-order valence-corrected chi connectivity index (χ1v) is 13.5. The van der Waals surface area contributed by atoms with Crippen molar-refractivity contribution in [1.82, 2.24) is 19.5 Å². The summed E-state index contributed by atoms with van der Waals surface area (Å²) in [6.07, 6.45) is -2.77. The minimum atomic E-state index is -4.55. The maximum absolute atomic E-state index is 13.6. The van der Waals surface area contributed by atoms with Crippen LogP contribution in [-0.2, 0) is 25.8 Å². The Morgan fingerprint density at radius 2 is 1.82 bits per heavy atom. The van der Waals surface area contributed by atoms with E-state index in [1.807, 2.05) is 13.8 Å². The molecule has 38 heavy (non-hydrogen) atoms. The maximum atomic E-state index is 13.6. The first kappa shape index (κ1) is 27.7. The molecule has 2 aliphatic rings. The molecule has 2 saturated heterocycles. The van der Waals surface area contributed by atoms with Gasteiger partial charge in [0, 0.05) is 18.3 Å². The molecule has 0 radical (unpaired) electrons. The molecule has 1 aromatic carbocycles. The number of Topliss-reactive ketones (excluding diaryl/α,β-unsaturated/α-hetero) is 1. The molecule has 4 rings (SSSR count). The average Bonchev–Trinajstić information content (AvgIpc) is 3.44. The molecular weight excluding hydrogens is 525 g/mol. The first-order chi connectivity index (χ1) is 17.8. The normalized spacial score (nSPS) is 21.0. The number of amides is 2. The third-order valence-electron chi connectivity index (χ3n) is 6.66. The largest absolute Gasteiger partial charge is 0.416 e. The van der Waals surface area contributed by atoms with Crippen molar-refractivity contribution in [3.8, 4) is 0 Å². The third kappa shape index (κ3) is 5.44. The van der Waals surface area contributed by atoms with Crippen LogP contribution in [0.3, 0.4) is 0 Å². The van der Waals surface area contributed by atoms with E-state index in [0.29, 0.717) is 0 Å². The molecule has 0 aliphatic carbocycles. The van der Waals surface area contributed by atoms with Crippen LogP contribution >= 0.6 is 0 Å². The summed E-state index contributed by atoms with van der Waals surface area (Å²) in [5.41, 5.74) is -0.958. The smallest absolute Gasteiger partial charge is 0.340 e. The van der Waals surface area contributed by atoms with Gasteiger partial charge in [-0.1, -0.05) is 19.9 Å². The van der Waals surface area contributed by atoms with Crippen LogP contribution in [0.2, 0.25) is 0 Å². The van der Waals surface area contributed by atoms with Gasteiger partial charge in [-0.05, 0) is 55.2 Å². The number of fused-ring (bicyclic) bond motifs is 1. The number of ketones is 1. The first-order valence-electron chi connectivity index (χ1n) is 12.0. The molecule has 2 aromatic rings. The zero-order valence-corrected chi connectivity index (χ0v) is 21.5. The molecule has 204 valence electrons. The summed E-state index contributed by atoms with van der Waals surface area (Å²) in [4.78, 5) is 44.6. The van der Waals surface area contributed by atoms with Crippen molar-refractivity contribution in [1.29, 1.82) is 0 Å². The Balaban J connectivity index is 1.53. The summed E-state index contributed by atoms with van der Waals surface area (Å²) < 4.78 is 66.0. The van der Waals surface area contributed by atoms with Crippen LogP contribution in [0.15, 0.2) is 53.7 Å². The van der Waals surface area contributed by atoms with Gasteiger partial charge in [-0.3, -0.25) is 14.4 Å². The van der Waals surface area contributed by atoms with Crippen molar-refractivity contribution in [2.45, 2.75) is 56.0 Å². The Labute approximate surface area is 218 Å². The van der Waals surface area contributed by atoms with E-state index in [4.69, 9.17) is 0 Å². The number of likely N-dealkylation sites (tertiary alicyclic amines) is 1. The number of benzene rings is 1. The number of aromatic nitrogens is 1. The topological polar surface area (TPSA) is 117 Å². The number of carbonyl (C=O) groups excluding carboxylic acids is 3. The molecule has 0 spiro atoms. The number of nitrogens with zero attached hydrogens (tertiary/aromatic N) is 3. The number of alkyl halides is 3. The lowest BCUT2D eigenvalue weighted by Crippen LogP contribution is -2.53. The molecular formula is C25H27F3N4O5S. The number of pyridine rings is 1. The third-order valence-corrected chi connectivity index (χ3v) is 8.44. The van der Waals surface area contributed by atoms with Gasteiger partial charge in [-0.25, -0.2) is 13.4 Å². The van der Waals surface area contributed by atoms with Crippen molar-refractivity contribution in [2.24, 2.45) is 5.92 Å². The number of sulfonamides is 1. The molecule has 3 heterocycles. The number of nitrogens with one attached hydrogen (secondary N) is 1. The average molecular weight is 553 g/mol. The van der Waals surface area contributed by atoms with Crippen molar-refractivity contribution >= 4 is 27.6 Å². The fraction of sp³-hybridized carbons (Fsp3) is 0.440. The second kappa shape index (κ2) is 10.4. The molecule has 1 aromatic heterocycles. The van der Waals surface area contributed by atoms with Crippen LogP contribution in [0, 0.1) is 5.92 Å². The van der Waals surface area contributed by atoms with Crippen LogP contribution < -0.4 is 5.32 Å². The van der Waals surface area contributed by atoms with Gasteiger partial charge in [-0.2, -0.15) is 17.5 Å². The van der Waals surface area contributed by atoms with Crippen LogP contribution in [0.1, 0.15) is 42.6 Å². The summed E-state index contributed by atoms with van der Waals surface area (Å²) in [5.74, 6) is -1.75. The quantitative estimate of drug-likeness (QED) is 0.564. The van der Waals surface area contributed by atoms with Gasteiger partial charge in [0.25, 0.3) is 15.9 Å². The minimum Gasteiger partial charge on any atom is -0.340 e. The van der Waals surface area contributed by atoms with E-state index in [9.17, 15) is 36.0 Å². The van der Waals surface area contributed by atoms with E-state index in [1.165, 1.54) is 23.2 Å². The highest BCUT2D eigenvalue weighted by Crippen LogP contribution is 2.34. The lowest BCUT2D eigenvalue weighted by Gasteiger charge is -2.29. The van der Waals surface area contributed by atoms with Crippen molar-refractivity contribution in [3.05, 3.63) is 59.8 Å². The van der Waals surface area contributed by atoms with Gasteiger partial charge in [0.2, 0.25) is 5.91 Å². The molecule has 9 nitrogen and oxygen atoms in total. The van der Waals surface area contributed by atoms with Gasteiger partial charge in [0.1, 0.15) is 12.1 Å². The summed E-state index contributed by atoms with van der Waals surface area (Å²) in [5, 5.41) is 2.40. The predicted molar refractivity (Wildman–Crippen MR) is 129 cm³/mol. The molecule has 2 amide bonds. The Kier molecular flexibility index (Phi) is 7.62. The lowest BCUT2D eigenvalue weighted by molar-refractivity contribution is -0.138. The summed E-state index contributed by atoms with van der Waals surface area (Å²) >= 11 is 0. The van der Waals surface area contributed by atoms with E-state index in [2.05, 4.69) is 10.3 Å². The van der Waals surface area contributed by atoms with E-state index in [1.54, 1.807) is 6.07 Å².